The highest BCUT2D eigenvalue weighted by atomic mass is 32.2. The van der Waals surface area contributed by atoms with Crippen LogP contribution in [-0.2, 0) is 10.2 Å². The molecule has 2 aliphatic rings. The third kappa shape index (κ3) is 2.57. The average molecular weight is 276 g/mol. The summed E-state index contributed by atoms with van der Waals surface area (Å²) in [7, 11) is -3.38. The molecule has 2 aliphatic heterocycles. The molecule has 2 atom stereocenters. The van der Waals surface area contributed by atoms with E-state index >= 15 is 0 Å². The van der Waals surface area contributed by atoms with E-state index in [1.54, 1.807) is 4.31 Å². The molecule has 0 aliphatic carbocycles. The third-order valence-corrected chi connectivity index (χ3v) is 6.32. The summed E-state index contributed by atoms with van der Waals surface area (Å²) < 4.78 is 28.5. The Hall–Kier alpha value is -0.170. The van der Waals surface area contributed by atoms with Crippen LogP contribution in [0.2, 0.25) is 0 Å². The Kier molecular flexibility index (Phi) is 4.64. The predicted molar refractivity (Wildman–Crippen MR) is 70.4 cm³/mol. The average Bonchev–Trinajstić information content (AvgIpc) is 2.87. The Balaban J connectivity index is 2.18. The van der Waals surface area contributed by atoms with Gasteiger partial charge in [-0.3, -0.25) is 0 Å². The zero-order valence-corrected chi connectivity index (χ0v) is 11.9. The first-order chi connectivity index (χ1) is 8.61. The first kappa shape index (κ1) is 14.2. The van der Waals surface area contributed by atoms with E-state index in [1.807, 2.05) is 6.92 Å². The summed E-state index contributed by atoms with van der Waals surface area (Å²) in [5.41, 5.74) is 0. The van der Waals surface area contributed by atoms with Crippen molar-refractivity contribution in [2.24, 2.45) is 0 Å². The standard InChI is InChI=1S/C12H24N2O3S/c1-2-11-7-5-9-13(11)18(16,17)14-8-4-3-6-12(14)10-15/h11-12,15H,2-10H2,1H3. The van der Waals surface area contributed by atoms with Gasteiger partial charge in [0.1, 0.15) is 0 Å². The highest BCUT2D eigenvalue weighted by Crippen LogP contribution is 2.29. The lowest BCUT2D eigenvalue weighted by Gasteiger charge is -2.37. The van der Waals surface area contributed by atoms with Crippen LogP contribution in [0.5, 0.6) is 0 Å². The molecule has 5 nitrogen and oxygen atoms in total. The van der Waals surface area contributed by atoms with Gasteiger partial charge in [0, 0.05) is 25.2 Å². The minimum Gasteiger partial charge on any atom is -0.395 e. The smallest absolute Gasteiger partial charge is 0.282 e. The predicted octanol–water partition coefficient (Wildman–Crippen LogP) is 0.952. The van der Waals surface area contributed by atoms with Crippen molar-refractivity contribution in [3.63, 3.8) is 0 Å². The first-order valence-corrected chi connectivity index (χ1v) is 8.40. The molecule has 2 fully saturated rings. The summed E-state index contributed by atoms with van der Waals surface area (Å²) in [5.74, 6) is 0. The Bertz CT molecular complexity index is 372. The van der Waals surface area contributed by atoms with Gasteiger partial charge in [0.2, 0.25) is 0 Å². The Morgan fingerprint density at radius 2 is 1.67 bits per heavy atom. The molecule has 2 heterocycles. The molecule has 2 saturated heterocycles. The van der Waals surface area contributed by atoms with Gasteiger partial charge >= 0.3 is 0 Å². The molecule has 0 aromatic rings. The van der Waals surface area contributed by atoms with Crippen LogP contribution in [0.4, 0.5) is 0 Å². The zero-order chi connectivity index (χ0) is 13.2. The van der Waals surface area contributed by atoms with Crippen LogP contribution in [0.3, 0.4) is 0 Å². The van der Waals surface area contributed by atoms with Gasteiger partial charge in [-0.25, -0.2) is 0 Å². The Labute approximate surface area is 110 Å². The second-order valence-corrected chi connectivity index (χ2v) is 7.10. The second kappa shape index (κ2) is 5.86. The molecule has 0 radical (unpaired) electrons. The molecule has 2 rings (SSSR count). The van der Waals surface area contributed by atoms with E-state index in [0.29, 0.717) is 13.1 Å². The van der Waals surface area contributed by atoms with Gasteiger partial charge in [-0.15, -0.1) is 0 Å². The Morgan fingerprint density at radius 1 is 1.06 bits per heavy atom. The maximum atomic E-state index is 12.7. The van der Waals surface area contributed by atoms with Crippen molar-refractivity contribution < 1.29 is 13.5 Å². The third-order valence-electron chi connectivity index (χ3n) is 4.17. The summed E-state index contributed by atoms with van der Waals surface area (Å²) in [6, 6.07) is -0.0712. The topological polar surface area (TPSA) is 60.9 Å². The van der Waals surface area contributed by atoms with E-state index in [9.17, 15) is 13.5 Å². The van der Waals surface area contributed by atoms with Crippen molar-refractivity contribution in [3.05, 3.63) is 0 Å². The monoisotopic (exact) mass is 276 g/mol. The number of hydrogen-bond donors (Lipinski definition) is 1. The molecule has 0 bridgehead atoms. The maximum absolute atomic E-state index is 12.7. The van der Waals surface area contributed by atoms with Crippen LogP contribution in [0.1, 0.15) is 45.4 Å². The summed E-state index contributed by atoms with van der Waals surface area (Å²) in [6.45, 7) is 3.16. The fourth-order valence-electron chi connectivity index (χ4n) is 3.12. The van der Waals surface area contributed by atoms with Crippen LogP contribution in [0.25, 0.3) is 0 Å². The molecule has 0 aromatic carbocycles. The first-order valence-electron chi connectivity index (χ1n) is 7.00. The van der Waals surface area contributed by atoms with Crippen molar-refractivity contribution in [2.45, 2.75) is 57.5 Å². The number of hydrogen-bond acceptors (Lipinski definition) is 3. The van der Waals surface area contributed by atoms with Gasteiger partial charge in [0.05, 0.1) is 6.61 Å². The lowest BCUT2D eigenvalue weighted by Crippen LogP contribution is -2.52. The van der Waals surface area contributed by atoms with Crippen molar-refractivity contribution in [3.8, 4) is 0 Å². The molecule has 0 amide bonds. The van der Waals surface area contributed by atoms with Gasteiger partial charge < -0.3 is 5.11 Å². The van der Waals surface area contributed by atoms with E-state index in [2.05, 4.69) is 0 Å². The molecule has 1 N–H and O–H groups in total. The van der Waals surface area contributed by atoms with E-state index in [1.165, 1.54) is 4.31 Å². The molecule has 0 aromatic heterocycles. The van der Waals surface area contributed by atoms with Crippen molar-refractivity contribution in [2.75, 3.05) is 19.7 Å². The molecule has 6 heteroatoms. The lowest BCUT2D eigenvalue weighted by molar-refractivity contribution is 0.146. The number of rotatable bonds is 4. The van der Waals surface area contributed by atoms with E-state index < -0.39 is 10.2 Å². The molecule has 2 unspecified atom stereocenters. The van der Waals surface area contributed by atoms with Crippen LogP contribution in [0.15, 0.2) is 0 Å². The van der Waals surface area contributed by atoms with Gasteiger partial charge in [0.15, 0.2) is 0 Å². The molecule has 106 valence electrons. The number of aliphatic hydroxyl groups is 1. The number of piperidine rings is 1. The fraction of sp³-hybridized carbons (Fsp3) is 1.00. The SMILES string of the molecule is CCC1CCCN1S(=O)(=O)N1CCCCC1CO. The minimum absolute atomic E-state index is 0.0656. The summed E-state index contributed by atoms with van der Waals surface area (Å²) >= 11 is 0. The molecule has 0 spiro atoms. The summed E-state index contributed by atoms with van der Waals surface area (Å²) in [4.78, 5) is 0. The second-order valence-electron chi connectivity index (χ2n) is 5.27. The molecular formula is C12H24N2O3S. The van der Waals surface area contributed by atoms with Crippen LogP contribution >= 0.6 is 0 Å². The number of nitrogens with zero attached hydrogens (tertiary/aromatic N) is 2. The van der Waals surface area contributed by atoms with Crippen molar-refractivity contribution >= 4 is 10.2 Å². The van der Waals surface area contributed by atoms with Crippen molar-refractivity contribution in [1.82, 2.24) is 8.61 Å². The van der Waals surface area contributed by atoms with Gasteiger partial charge in [-0.1, -0.05) is 13.3 Å². The lowest BCUT2D eigenvalue weighted by atomic mass is 10.1. The van der Waals surface area contributed by atoms with Gasteiger partial charge in [-0.2, -0.15) is 17.0 Å². The maximum Gasteiger partial charge on any atom is 0.282 e. The minimum atomic E-state index is -3.38. The summed E-state index contributed by atoms with van der Waals surface area (Å²) in [6.07, 6.45) is 5.48. The van der Waals surface area contributed by atoms with Crippen LogP contribution in [0, 0.1) is 0 Å². The quantitative estimate of drug-likeness (QED) is 0.831. The molecule has 0 saturated carbocycles. The summed E-state index contributed by atoms with van der Waals surface area (Å²) in [5, 5.41) is 9.37. The fourth-order valence-corrected chi connectivity index (χ4v) is 5.28. The number of aliphatic hydroxyl groups excluding tert-OH is 1. The van der Waals surface area contributed by atoms with E-state index in [0.717, 1.165) is 38.5 Å². The van der Waals surface area contributed by atoms with E-state index in [4.69, 9.17) is 0 Å². The van der Waals surface area contributed by atoms with Crippen LogP contribution < -0.4 is 0 Å². The molecule has 18 heavy (non-hydrogen) atoms. The van der Waals surface area contributed by atoms with Gasteiger partial charge in [-0.05, 0) is 32.1 Å². The zero-order valence-electron chi connectivity index (χ0n) is 11.1. The normalized spacial score (nSPS) is 31.9. The largest absolute Gasteiger partial charge is 0.395 e. The van der Waals surface area contributed by atoms with Crippen molar-refractivity contribution in [1.29, 1.82) is 0 Å². The highest BCUT2D eigenvalue weighted by Gasteiger charge is 2.40. The Morgan fingerprint density at radius 3 is 2.33 bits per heavy atom. The molecular weight excluding hydrogens is 252 g/mol. The van der Waals surface area contributed by atoms with E-state index in [-0.39, 0.29) is 18.7 Å². The van der Waals surface area contributed by atoms with Gasteiger partial charge in [0.25, 0.3) is 10.2 Å². The van der Waals surface area contributed by atoms with Crippen LogP contribution in [-0.4, -0.2) is 53.9 Å². The highest BCUT2D eigenvalue weighted by molar-refractivity contribution is 7.86.